The van der Waals surface area contributed by atoms with Crippen molar-refractivity contribution >= 4 is 21.9 Å². The Morgan fingerprint density at radius 2 is 2.20 bits per heavy atom. The van der Waals surface area contributed by atoms with Gasteiger partial charge < -0.3 is 9.47 Å². The van der Waals surface area contributed by atoms with Gasteiger partial charge in [-0.3, -0.25) is 0 Å². The number of methoxy groups -OCH3 is 1. The first-order valence-electron chi connectivity index (χ1n) is 4.31. The van der Waals surface area contributed by atoms with Crippen LogP contribution in [-0.2, 0) is 4.74 Å². The number of esters is 1. The first kappa shape index (κ1) is 12.0. The molecular weight excluding hydrogens is 267 g/mol. The minimum Gasteiger partial charge on any atom is -0.494 e. The second-order valence-electron chi connectivity index (χ2n) is 2.66. The number of benzene rings is 1. The number of hydrogen-bond acceptors (Lipinski definition) is 3. The molecule has 0 heterocycles. The number of carbonyl (C=O) groups is 1. The molecule has 0 saturated carbocycles. The van der Waals surface area contributed by atoms with Crippen molar-refractivity contribution in [3.63, 3.8) is 0 Å². The highest BCUT2D eigenvalue weighted by atomic mass is 79.9. The lowest BCUT2D eigenvalue weighted by Gasteiger charge is -2.08. The van der Waals surface area contributed by atoms with Gasteiger partial charge in [0.2, 0.25) is 0 Å². The van der Waals surface area contributed by atoms with E-state index in [9.17, 15) is 9.18 Å². The second kappa shape index (κ2) is 5.11. The van der Waals surface area contributed by atoms with E-state index in [0.29, 0.717) is 4.47 Å². The van der Waals surface area contributed by atoms with Crippen molar-refractivity contribution in [3.05, 3.63) is 28.0 Å². The number of carbonyl (C=O) groups excluding carboxylic acids is 1. The van der Waals surface area contributed by atoms with Gasteiger partial charge in [0.1, 0.15) is 5.56 Å². The van der Waals surface area contributed by atoms with E-state index in [2.05, 4.69) is 15.9 Å². The van der Waals surface area contributed by atoms with E-state index >= 15 is 0 Å². The Bertz CT molecular complexity index is 379. The van der Waals surface area contributed by atoms with Gasteiger partial charge in [0.05, 0.1) is 13.7 Å². The maximum atomic E-state index is 13.7. The summed E-state index contributed by atoms with van der Waals surface area (Å²) < 4.78 is 23.5. The molecule has 0 amide bonds. The van der Waals surface area contributed by atoms with Gasteiger partial charge in [0.25, 0.3) is 0 Å². The highest BCUT2D eigenvalue weighted by molar-refractivity contribution is 9.10. The van der Waals surface area contributed by atoms with E-state index in [0.717, 1.165) is 0 Å². The summed E-state index contributed by atoms with van der Waals surface area (Å²) in [5.74, 6) is -1.41. The van der Waals surface area contributed by atoms with Crippen LogP contribution in [0, 0.1) is 5.82 Å². The van der Waals surface area contributed by atoms with Crippen LogP contribution in [0.4, 0.5) is 4.39 Å². The molecule has 0 aliphatic heterocycles. The topological polar surface area (TPSA) is 35.5 Å². The Hall–Kier alpha value is -1.10. The number of rotatable bonds is 3. The monoisotopic (exact) mass is 276 g/mol. The van der Waals surface area contributed by atoms with Crippen LogP contribution >= 0.6 is 15.9 Å². The molecule has 0 atom stereocenters. The maximum Gasteiger partial charge on any atom is 0.342 e. The summed E-state index contributed by atoms with van der Waals surface area (Å²) in [6.45, 7) is 1.85. The van der Waals surface area contributed by atoms with Crippen LogP contribution < -0.4 is 4.74 Å². The fraction of sp³-hybridized carbons (Fsp3) is 0.300. The fourth-order valence-corrected chi connectivity index (χ4v) is 1.55. The van der Waals surface area contributed by atoms with Gasteiger partial charge in [-0.05, 0) is 35.0 Å². The lowest BCUT2D eigenvalue weighted by Crippen LogP contribution is -2.09. The normalized spacial score (nSPS) is 9.87. The van der Waals surface area contributed by atoms with Crippen LogP contribution in [0.2, 0.25) is 0 Å². The zero-order valence-corrected chi connectivity index (χ0v) is 9.93. The third kappa shape index (κ3) is 2.47. The summed E-state index contributed by atoms with van der Waals surface area (Å²) in [4.78, 5) is 11.4. The first-order chi connectivity index (χ1) is 7.11. The Labute approximate surface area is 95.3 Å². The molecule has 1 aromatic carbocycles. The van der Waals surface area contributed by atoms with Gasteiger partial charge in [0.15, 0.2) is 11.6 Å². The van der Waals surface area contributed by atoms with Crippen molar-refractivity contribution in [1.29, 1.82) is 0 Å². The van der Waals surface area contributed by atoms with Gasteiger partial charge in [-0.1, -0.05) is 0 Å². The van der Waals surface area contributed by atoms with Gasteiger partial charge in [-0.2, -0.15) is 0 Å². The Morgan fingerprint density at radius 3 is 2.73 bits per heavy atom. The van der Waals surface area contributed by atoms with Gasteiger partial charge in [-0.15, -0.1) is 0 Å². The van der Waals surface area contributed by atoms with E-state index in [-0.39, 0.29) is 17.9 Å². The second-order valence-corrected chi connectivity index (χ2v) is 3.51. The SMILES string of the molecule is CCOC(=O)c1c(Br)ccc(OC)c1F. The lowest BCUT2D eigenvalue weighted by atomic mass is 10.2. The summed E-state index contributed by atoms with van der Waals surface area (Å²) in [7, 11) is 1.33. The van der Waals surface area contributed by atoms with E-state index in [1.807, 2.05) is 0 Å². The zero-order chi connectivity index (χ0) is 11.4. The molecule has 0 unspecified atom stereocenters. The average Bonchev–Trinajstić information content (AvgIpc) is 2.18. The summed E-state index contributed by atoms with van der Waals surface area (Å²) in [6.07, 6.45) is 0. The van der Waals surface area contributed by atoms with E-state index in [4.69, 9.17) is 9.47 Å². The van der Waals surface area contributed by atoms with Crippen molar-refractivity contribution in [3.8, 4) is 5.75 Å². The molecule has 1 rings (SSSR count). The third-order valence-corrected chi connectivity index (χ3v) is 2.42. The van der Waals surface area contributed by atoms with Crippen molar-refractivity contribution in [2.24, 2.45) is 0 Å². The lowest BCUT2D eigenvalue weighted by molar-refractivity contribution is 0.0519. The van der Waals surface area contributed by atoms with Crippen LogP contribution in [0.1, 0.15) is 17.3 Å². The highest BCUT2D eigenvalue weighted by Crippen LogP contribution is 2.27. The zero-order valence-electron chi connectivity index (χ0n) is 8.34. The van der Waals surface area contributed by atoms with Crippen LogP contribution in [-0.4, -0.2) is 19.7 Å². The van der Waals surface area contributed by atoms with Gasteiger partial charge >= 0.3 is 5.97 Å². The molecule has 0 spiro atoms. The Morgan fingerprint density at radius 1 is 1.53 bits per heavy atom. The highest BCUT2D eigenvalue weighted by Gasteiger charge is 2.20. The molecule has 0 saturated heterocycles. The van der Waals surface area contributed by atoms with E-state index in [1.54, 1.807) is 6.92 Å². The van der Waals surface area contributed by atoms with Crippen molar-refractivity contribution < 1.29 is 18.7 Å². The summed E-state index contributed by atoms with van der Waals surface area (Å²) in [5, 5.41) is 0. The van der Waals surface area contributed by atoms with Crippen LogP contribution in [0.5, 0.6) is 5.75 Å². The smallest absolute Gasteiger partial charge is 0.342 e. The first-order valence-corrected chi connectivity index (χ1v) is 5.10. The average molecular weight is 277 g/mol. The molecule has 1 aromatic rings. The van der Waals surface area contributed by atoms with E-state index < -0.39 is 11.8 Å². The third-order valence-electron chi connectivity index (χ3n) is 1.76. The van der Waals surface area contributed by atoms with Crippen LogP contribution in [0.15, 0.2) is 16.6 Å². The predicted molar refractivity (Wildman–Crippen MR) is 56.6 cm³/mol. The number of halogens is 2. The van der Waals surface area contributed by atoms with Crippen LogP contribution in [0.3, 0.4) is 0 Å². The predicted octanol–water partition coefficient (Wildman–Crippen LogP) is 2.77. The van der Waals surface area contributed by atoms with Crippen LogP contribution in [0.25, 0.3) is 0 Å². The maximum absolute atomic E-state index is 13.7. The summed E-state index contributed by atoms with van der Waals surface area (Å²) in [6, 6.07) is 2.97. The summed E-state index contributed by atoms with van der Waals surface area (Å²) in [5.41, 5.74) is -0.142. The molecule has 0 N–H and O–H groups in total. The number of hydrogen-bond donors (Lipinski definition) is 0. The largest absolute Gasteiger partial charge is 0.494 e. The van der Waals surface area contributed by atoms with Crippen molar-refractivity contribution in [2.45, 2.75) is 6.92 Å². The van der Waals surface area contributed by atoms with Gasteiger partial charge in [0, 0.05) is 4.47 Å². The van der Waals surface area contributed by atoms with Crippen molar-refractivity contribution in [2.75, 3.05) is 13.7 Å². The minimum absolute atomic E-state index is 0.0150. The molecular formula is C10H10BrFO3. The molecule has 0 aliphatic rings. The quantitative estimate of drug-likeness (QED) is 0.797. The number of ether oxygens (including phenoxy) is 2. The molecule has 0 aliphatic carbocycles. The molecule has 0 fully saturated rings. The molecule has 0 bridgehead atoms. The summed E-state index contributed by atoms with van der Waals surface area (Å²) >= 11 is 3.08. The molecule has 3 nitrogen and oxygen atoms in total. The molecule has 15 heavy (non-hydrogen) atoms. The van der Waals surface area contributed by atoms with Gasteiger partial charge in [-0.25, -0.2) is 9.18 Å². The van der Waals surface area contributed by atoms with E-state index in [1.165, 1.54) is 19.2 Å². The Kier molecular flexibility index (Phi) is 4.08. The molecule has 0 aromatic heterocycles. The standard InChI is InChI=1S/C10H10BrFO3/c1-3-15-10(13)8-6(11)4-5-7(14-2)9(8)12/h4-5H,3H2,1-2H3. The molecule has 82 valence electrons. The fourth-order valence-electron chi connectivity index (χ4n) is 1.08. The Balaban J connectivity index is 3.20. The molecule has 5 heteroatoms. The molecule has 0 radical (unpaired) electrons. The minimum atomic E-state index is -0.717. The van der Waals surface area contributed by atoms with Crippen molar-refractivity contribution in [1.82, 2.24) is 0 Å².